The molecule has 3 rings (SSSR count). The van der Waals surface area contributed by atoms with Gasteiger partial charge in [0, 0.05) is 30.1 Å². The molecule has 0 aliphatic heterocycles. The van der Waals surface area contributed by atoms with Crippen LogP contribution in [0, 0.1) is 6.92 Å². The summed E-state index contributed by atoms with van der Waals surface area (Å²) >= 11 is 7.38. The van der Waals surface area contributed by atoms with Gasteiger partial charge in [-0.3, -0.25) is 10.1 Å². The number of rotatable bonds is 6. The average molecular weight is 466 g/mol. The highest BCUT2D eigenvalue weighted by Crippen LogP contribution is 2.32. The van der Waals surface area contributed by atoms with Gasteiger partial charge < -0.3 is 4.74 Å². The third kappa shape index (κ3) is 4.49. The quantitative estimate of drug-likeness (QED) is 0.586. The van der Waals surface area contributed by atoms with E-state index in [0.29, 0.717) is 5.13 Å². The lowest BCUT2D eigenvalue weighted by Gasteiger charge is -2.13. The molecule has 10 heteroatoms. The molecule has 158 valence electrons. The molecule has 2 aromatic carbocycles. The highest BCUT2D eigenvalue weighted by molar-refractivity contribution is 7.89. The van der Waals surface area contributed by atoms with Crippen molar-refractivity contribution in [2.45, 2.75) is 11.8 Å². The fraction of sp³-hybridized carbons (Fsp3) is 0.200. The van der Waals surface area contributed by atoms with Crippen molar-refractivity contribution in [1.82, 2.24) is 9.29 Å². The maximum Gasteiger partial charge on any atom is 0.257 e. The number of methoxy groups -OCH3 is 1. The van der Waals surface area contributed by atoms with Gasteiger partial charge in [0.1, 0.15) is 10.6 Å². The fourth-order valence-electron chi connectivity index (χ4n) is 2.67. The summed E-state index contributed by atoms with van der Waals surface area (Å²) in [5.41, 5.74) is 1.82. The van der Waals surface area contributed by atoms with Crippen LogP contribution in [-0.2, 0) is 10.0 Å². The Balaban J connectivity index is 1.86. The molecule has 0 unspecified atom stereocenters. The largest absolute Gasteiger partial charge is 0.497 e. The Morgan fingerprint density at radius 2 is 1.83 bits per heavy atom. The predicted molar refractivity (Wildman–Crippen MR) is 119 cm³/mol. The summed E-state index contributed by atoms with van der Waals surface area (Å²) in [7, 11) is 0.618. The number of nitrogens with one attached hydrogen (secondary N) is 1. The lowest BCUT2D eigenvalue weighted by molar-refractivity contribution is 0.102. The first-order chi connectivity index (χ1) is 14.1. The van der Waals surface area contributed by atoms with Crippen LogP contribution in [0.5, 0.6) is 5.75 Å². The standard InChI is InChI=1S/C20H20ClN3O4S2/c1-12-18(13-5-8-15(28-4)9-6-13)22-20(29-12)23-19(25)14-7-10-16(21)17(11-14)30(26,27)24(2)3/h5-11H,1-4H3,(H,22,23,25). The number of nitrogens with zero attached hydrogens (tertiary/aromatic N) is 2. The fourth-order valence-corrected chi connectivity index (χ4v) is 4.90. The first kappa shape index (κ1) is 22.2. The van der Waals surface area contributed by atoms with E-state index in [1.54, 1.807) is 7.11 Å². The van der Waals surface area contributed by atoms with Gasteiger partial charge in [-0.05, 0) is 49.4 Å². The third-order valence-corrected chi connectivity index (χ3v) is 7.52. The second kappa shape index (κ2) is 8.73. The molecule has 1 heterocycles. The van der Waals surface area contributed by atoms with Crippen LogP contribution in [0.2, 0.25) is 5.02 Å². The lowest BCUT2D eigenvalue weighted by Crippen LogP contribution is -2.23. The van der Waals surface area contributed by atoms with E-state index < -0.39 is 15.9 Å². The molecule has 0 radical (unpaired) electrons. The summed E-state index contributed by atoms with van der Waals surface area (Å²) in [4.78, 5) is 18.0. The third-order valence-electron chi connectivity index (χ3n) is 4.33. The molecule has 0 aliphatic carbocycles. The van der Waals surface area contributed by atoms with Crippen molar-refractivity contribution < 1.29 is 17.9 Å². The molecule has 0 aliphatic rings. The van der Waals surface area contributed by atoms with Crippen LogP contribution in [0.15, 0.2) is 47.4 Å². The van der Waals surface area contributed by atoms with Gasteiger partial charge in [-0.25, -0.2) is 17.7 Å². The number of sulfonamides is 1. The number of thiazole rings is 1. The molecule has 30 heavy (non-hydrogen) atoms. The first-order valence-corrected chi connectivity index (χ1v) is 11.4. The Kier molecular flexibility index (Phi) is 6.47. The average Bonchev–Trinajstić information content (AvgIpc) is 3.08. The van der Waals surface area contributed by atoms with Gasteiger partial charge in [0.05, 0.1) is 17.8 Å². The van der Waals surface area contributed by atoms with Gasteiger partial charge in [-0.15, -0.1) is 11.3 Å². The van der Waals surface area contributed by atoms with Gasteiger partial charge in [-0.1, -0.05) is 11.6 Å². The van der Waals surface area contributed by atoms with Crippen molar-refractivity contribution in [3.05, 3.63) is 57.9 Å². The zero-order chi connectivity index (χ0) is 22.1. The Morgan fingerprint density at radius 1 is 1.17 bits per heavy atom. The molecule has 3 aromatic rings. The van der Waals surface area contributed by atoms with Crippen LogP contribution < -0.4 is 10.1 Å². The number of carbonyl (C=O) groups excluding carboxylic acids is 1. The molecule has 1 amide bonds. The molecule has 0 spiro atoms. The van der Waals surface area contributed by atoms with E-state index in [1.165, 1.54) is 43.6 Å². The second-order valence-corrected chi connectivity index (χ2v) is 10.3. The molecule has 0 saturated heterocycles. The number of aromatic nitrogens is 1. The summed E-state index contributed by atoms with van der Waals surface area (Å²) in [6.07, 6.45) is 0. The van der Waals surface area contributed by atoms with E-state index in [2.05, 4.69) is 10.3 Å². The zero-order valence-corrected chi connectivity index (χ0v) is 19.2. The van der Waals surface area contributed by atoms with Crippen molar-refractivity contribution in [2.75, 3.05) is 26.5 Å². The minimum absolute atomic E-state index is 0.0483. The second-order valence-electron chi connectivity index (χ2n) is 6.54. The molecule has 7 nitrogen and oxygen atoms in total. The molecular weight excluding hydrogens is 446 g/mol. The molecule has 1 aromatic heterocycles. The number of amides is 1. The molecule has 1 N–H and O–H groups in total. The number of benzene rings is 2. The van der Waals surface area contributed by atoms with Crippen LogP contribution in [0.25, 0.3) is 11.3 Å². The summed E-state index contributed by atoms with van der Waals surface area (Å²) in [6, 6.07) is 11.6. The number of halogens is 1. The van der Waals surface area contributed by atoms with Crippen molar-refractivity contribution in [3.63, 3.8) is 0 Å². The lowest BCUT2D eigenvalue weighted by atomic mass is 10.1. The van der Waals surface area contributed by atoms with Gasteiger partial charge in [-0.2, -0.15) is 0 Å². The maximum atomic E-state index is 12.7. The van der Waals surface area contributed by atoms with Crippen LogP contribution in [0.4, 0.5) is 5.13 Å². The van der Waals surface area contributed by atoms with Crippen molar-refractivity contribution >= 4 is 44.0 Å². The number of carbonyl (C=O) groups is 1. The molecular formula is C20H20ClN3O4S2. The van der Waals surface area contributed by atoms with E-state index in [9.17, 15) is 13.2 Å². The number of hydrogen-bond acceptors (Lipinski definition) is 6. The number of ether oxygens (including phenoxy) is 1. The van der Waals surface area contributed by atoms with Crippen LogP contribution >= 0.6 is 22.9 Å². The summed E-state index contributed by atoms with van der Waals surface area (Å²) in [6.45, 7) is 1.91. The van der Waals surface area contributed by atoms with E-state index in [1.807, 2.05) is 31.2 Å². The highest BCUT2D eigenvalue weighted by atomic mass is 35.5. The van der Waals surface area contributed by atoms with E-state index >= 15 is 0 Å². The summed E-state index contributed by atoms with van der Waals surface area (Å²) in [5, 5.41) is 3.19. The highest BCUT2D eigenvalue weighted by Gasteiger charge is 2.23. The minimum atomic E-state index is -3.78. The van der Waals surface area contributed by atoms with Gasteiger partial charge in [0.25, 0.3) is 5.91 Å². The molecule has 0 bridgehead atoms. The summed E-state index contributed by atoms with van der Waals surface area (Å²) in [5.74, 6) is 0.267. The molecule has 0 atom stereocenters. The van der Waals surface area contributed by atoms with Crippen LogP contribution in [-0.4, -0.2) is 44.8 Å². The summed E-state index contributed by atoms with van der Waals surface area (Å²) < 4.78 is 31.1. The predicted octanol–water partition coefficient (Wildman–Crippen LogP) is 4.28. The zero-order valence-electron chi connectivity index (χ0n) is 16.8. The first-order valence-electron chi connectivity index (χ1n) is 8.78. The minimum Gasteiger partial charge on any atom is -0.497 e. The van der Waals surface area contributed by atoms with E-state index in [4.69, 9.17) is 16.3 Å². The van der Waals surface area contributed by atoms with E-state index in [0.717, 1.165) is 26.2 Å². The normalized spacial score (nSPS) is 11.5. The smallest absolute Gasteiger partial charge is 0.257 e. The molecule has 0 fully saturated rings. The maximum absolute atomic E-state index is 12.7. The van der Waals surface area contributed by atoms with Crippen molar-refractivity contribution in [1.29, 1.82) is 0 Å². The van der Waals surface area contributed by atoms with E-state index in [-0.39, 0.29) is 15.5 Å². The van der Waals surface area contributed by atoms with Crippen LogP contribution in [0.1, 0.15) is 15.2 Å². The molecule has 0 saturated carbocycles. The Morgan fingerprint density at radius 3 is 2.43 bits per heavy atom. The Hall–Kier alpha value is -2.46. The monoisotopic (exact) mass is 465 g/mol. The van der Waals surface area contributed by atoms with Crippen molar-refractivity contribution in [3.8, 4) is 17.0 Å². The number of aryl methyl sites for hydroxylation is 1. The number of anilines is 1. The van der Waals surface area contributed by atoms with Gasteiger partial charge in [0.15, 0.2) is 5.13 Å². The number of hydrogen-bond donors (Lipinski definition) is 1. The SMILES string of the molecule is COc1ccc(-c2nc(NC(=O)c3ccc(Cl)c(S(=O)(=O)N(C)C)c3)sc2C)cc1. The topological polar surface area (TPSA) is 88.6 Å². The van der Waals surface area contributed by atoms with Gasteiger partial charge in [0.2, 0.25) is 10.0 Å². The van der Waals surface area contributed by atoms with Crippen molar-refractivity contribution in [2.24, 2.45) is 0 Å². The van der Waals surface area contributed by atoms with Gasteiger partial charge >= 0.3 is 0 Å². The Bertz CT molecular complexity index is 1190. The Labute approximate surface area is 184 Å². The van der Waals surface area contributed by atoms with Crippen LogP contribution in [0.3, 0.4) is 0 Å².